The Kier molecular flexibility index (Phi) is 1.88. The predicted molar refractivity (Wildman–Crippen MR) is 76.4 cm³/mol. The molecule has 2 aromatic carbocycles. The molecule has 1 fully saturated rings. The Labute approximate surface area is 113 Å². The van der Waals surface area contributed by atoms with Crippen LogP contribution in [0.15, 0.2) is 48.5 Å². The summed E-state index contributed by atoms with van der Waals surface area (Å²) in [4.78, 5) is 0. The van der Waals surface area contributed by atoms with Gasteiger partial charge in [0.2, 0.25) is 0 Å². The smallest absolute Gasteiger partial charge is 0.0139 e. The van der Waals surface area contributed by atoms with E-state index in [9.17, 15) is 0 Å². The van der Waals surface area contributed by atoms with Gasteiger partial charge in [0.25, 0.3) is 0 Å². The van der Waals surface area contributed by atoms with Gasteiger partial charge < -0.3 is 5.32 Å². The van der Waals surface area contributed by atoms with Crippen LogP contribution in [-0.2, 0) is 0 Å². The molecule has 19 heavy (non-hydrogen) atoms. The van der Waals surface area contributed by atoms with E-state index in [2.05, 4.69) is 53.8 Å². The highest BCUT2D eigenvalue weighted by atomic mass is 14.9. The summed E-state index contributed by atoms with van der Waals surface area (Å²) >= 11 is 0. The van der Waals surface area contributed by atoms with Crippen molar-refractivity contribution in [3.05, 3.63) is 70.8 Å². The highest BCUT2D eigenvalue weighted by Gasteiger charge is 2.50. The Hall–Kier alpha value is -1.60. The lowest BCUT2D eigenvalue weighted by atomic mass is 9.55. The van der Waals surface area contributed by atoms with Gasteiger partial charge in [-0.1, -0.05) is 48.5 Å². The van der Waals surface area contributed by atoms with Crippen LogP contribution >= 0.6 is 0 Å². The van der Waals surface area contributed by atoms with Crippen LogP contribution in [0, 0.1) is 11.8 Å². The first-order valence-corrected chi connectivity index (χ1v) is 7.33. The van der Waals surface area contributed by atoms with Gasteiger partial charge in [-0.2, -0.15) is 0 Å². The zero-order valence-electron chi connectivity index (χ0n) is 10.8. The molecule has 2 atom stereocenters. The molecule has 3 aliphatic carbocycles. The second-order valence-electron chi connectivity index (χ2n) is 6.20. The summed E-state index contributed by atoms with van der Waals surface area (Å²) in [6, 6.07) is 18.3. The first-order chi connectivity index (χ1) is 9.45. The third-order valence-corrected chi connectivity index (χ3v) is 5.50. The van der Waals surface area contributed by atoms with Crippen molar-refractivity contribution in [3.63, 3.8) is 0 Å². The zero-order valence-corrected chi connectivity index (χ0v) is 10.8. The molecule has 1 N–H and O–H groups in total. The van der Waals surface area contributed by atoms with Crippen LogP contribution in [0.2, 0.25) is 0 Å². The fraction of sp³-hybridized carbons (Fsp3) is 0.333. The molecule has 0 spiro atoms. The van der Waals surface area contributed by atoms with Gasteiger partial charge in [-0.15, -0.1) is 0 Å². The second kappa shape index (κ2) is 3.49. The van der Waals surface area contributed by atoms with E-state index in [-0.39, 0.29) is 0 Å². The maximum atomic E-state index is 3.63. The maximum absolute atomic E-state index is 3.63. The van der Waals surface area contributed by atoms with Gasteiger partial charge in [-0.3, -0.25) is 0 Å². The maximum Gasteiger partial charge on any atom is 0.0139 e. The van der Waals surface area contributed by atoms with E-state index in [1.54, 1.807) is 22.3 Å². The Morgan fingerprint density at radius 3 is 1.37 bits per heavy atom. The highest BCUT2D eigenvalue weighted by Crippen LogP contribution is 2.58. The summed E-state index contributed by atoms with van der Waals surface area (Å²) in [5.41, 5.74) is 6.37. The molecule has 1 heterocycles. The molecule has 0 unspecified atom stereocenters. The summed E-state index contributed by atoms with van der Waals surface area (Å²) in [6.45, 7) is 2.38. The molecule has 1 saturated heterocycles. The van der Waals surface area contributed by atoms with Crippen LogP contribution in [-0.4, -0.2) is 13.1 Å². The Morgan fingerprint density at radius 1 is 0.632 bits per heavy atom. The van der Waals surface area contributed by atoms with Gasteiger partial charge >= 0.3 is 0 Å². The average molecular weight is 247 g/mol. The highest BCUT2D eigenvalue weighted by molar-refractivity contribution is 5.57. The Morgan fingerprint density at radius 2 is 1.00 bits per heavy atom. The van der Waals surface area contributed by atoms with Crippen molar-refractivity contribution in [2.24, 2.45) is 11.8 Å². The van der Waals surface area contributed by atoms with Crippen molar-refractivity contribution in [3.8, 4) is 0 Å². The quantitative estimate of drug-likeness (QED) is 0.754. The van der Waals surface area contributed by atoms with Gasteiger partial charge in [0.1, 0.15) is 0 Å². The SMILES string of the molecule is c1ccc2c(c1)C1c3ccccc3C2[C@@H]2CNC[C@@H]12. The fourth-order valence-electron chi connectivity index (χ4n) is 4.86. The molecule has 2 aromatic rings. The van der Waals surface area contributed by atoms with Crippen LogP contribution in [0.1, 0.15) is 34.1 Å². The molecule has 2 bridgehead atoms. The first-order valence-electron chi connectivity index (χ1n) is 7.33. The van der Waals surface area contributed by atoms with Crippen molar-refractivity contribution in [2.45, 2.75) is 11.8 Å². The van der Waals surface area contributed by atoms with E-state index in [0.717, 1.165) is 11.8 Å². The number of benzene rings is 2. The lowest BCUT2D eigenvalue weighted by Gasteiger charge is -2.48. The van der Waals surface area contributed by atoms with Crippen LogP contribution in [0.5, 0.6) is 0 Å². The van der Waals surface area contributed by atoms with Crippen molar-refractivity contribution < 1.29 is 0 Å². The molecule has 0 aromatic heterocycles. The average Bonchev–Trinajstić information content (AvgIpc) is 2.96. The molecule has 6 rings (SSSR count). The third kappa shape index (κ3) is 1.15. The van der Waals surface area contributed by atoms with Gasteiger partial charge in [-0.05, 0) is 47.2 Å². The molecular formula is C18H17N. The first kappa shape index (κ1) is 10.2. The Balaban J connectivity index is 1.85. The van der Waals surface area contributed by atoms with E-state index < -0.39 is 0 Å². The van der Waals surface area contributed by atoms with Crippen molar-refractivity contribution in [1.29, 1.82) is 0 Å². The minimum atomic E-state index is 0.623. The lowest BCUT2D eigenvalue weighted by molar-refractivity contribution is 0.294. The normalized spacial score (nSPS) is 33.7. The third-order valence-electron chi connectivity index (χ3n) is 5.50. The Bertz CT molecular complexity index is 557. The van der Waals surface area contributed by atoms with E-state index in [1.165, 1.54) is 13.1 Å². The van der Waals surface area contributed by atoms with E-state index in [0.29, 0.717) is 11.8 Å². The predicted octanol–water partition coefficient (Wildman–Crippen LogP) is 3.11. The summed E-state index contributed by atoms with van der Waals surface area (Å²) in [5, 5.41) is 3.63. The van der Waals surface area contributed by atoms with Crippen LogP contribution in [0.3, 0.4) is 0 Å². The molecule has 4 aliphatic rings. The van der Waals surface area contributed by atoms with Crippen LogP contribution < -0.4 is 5.32 Å². The van der Waals surface area contributed by atoms with E-state index in [4.69, 9.17) is 0 Å². The molecular weight excluding hydrogens is 230 g/mol. The van der Waals surface area contributed by atoms with Crippen LogP contribution in [0.25, 0.3) is 0 Å². The lowest BCUT2D eigenvalue weighted by Crippen LogP contribution is -2.39. The van der Waals surface area contributed by atoms with Crippen molar-refractivity contribution in [2.75, 3.05) is 13.1 Å². The minimum Gasteiger partial charge on any atom is -0.316 e. The molecule has 0 radical (unpaired) electrons. The number of hydrogen-bond acceptors (Lipinski definition) is 1. The molecule has 1 aliphatic heterocycles. The summed E-state index contributed by atoms with van der Waals surface area (Å²) < 4.78 is 0. The molecule has 1 heteroatoms. The van der Waals surface area contributed by atoms with Crippen molar-refractivity contribution >= 4 is 0 Å². The molecule has 1 nitrogen and oxygen atoms in total. The van der Waals surface area contributed by atoms with E-state index >= 15 is 0 Å². The van der Waals surface area contributed by atoms with Gasteiger partial charge in [0, 0.05) is 11.8 Å². The van der Waals surface area contributed by atoms with Gasteiger partial charge in [0.15, 0.2) is 0 Å². The van der Waals surface area contributed by atoms with Crippen molar-refractivity contribution in [1.82, 2.24) is 5.32 Å². The summed E-state index contributed by atoms with van der Waals surface area (Å²) in [5.74, 6) is 2.85. The van der Waals surface area contributed by atoms with Gasteiger partial charge in [0.05, 0.1) is 0 Å². The molecule has 0 amide bonds. The zero-order chi connectivity index (χ0) is 12.4. The second-order valence-corrected chi connectivity index (χ2v) is 6.20. The number of nitrogens with one attached hydrogen (secondary N) is 1. The fourth-order valence-corrected chi connectivity index (χ4v) is 4.86. The van der Waals surface area contributed by atoms with E-state index in [1.807, 2.05) is 0 Å². The minimum absolute atomic E-state index is 0.623. The molecule has 0 saturated carbocycles. The standard InChI is InChI=1S/C18H17N/c1-2-6-12-11(5-1)17-13-7-3-4-8-14(13)18(12)16-10-19-9-15(16)17/h1-8,15-19H,9-10H2/t15-,16-,17?,18?/m1/s1. The monoisotopic (exact) mass is 247 g/mol. The molecule has 94 valence electrons. The number of hydrogen-bond donors (Lipinski definition) is 1. The van der Waals surface area contributed by atoms with Gasteiger partial charge in [-0.25, -0.2) is 0 Å². The summed E-state index contributed by atoms with van der Waals surface area (Å²) in [6.07, 6.45) is 0. The largest absolute Gasteiger partial charge is 0.316 e. The number of rotatable bonds is 0. The summed E-state index contributed by atoms with van der Waals surface area (Å²) in [7, 11) is 0. The topological polar surface area (TPSA) is 12.0 Å². The van der Waals surface area contributed by atoms with Crippen LogP contribution in [0.4, 0.5) is 0 Å².